The second-order valence-corrected chi connectivity index (χ2v) is 13.0. The average molecular weight is 626 g/mol. The molecule has 0 saturated heterocycles. The van der Waals surface area contributed by atoms with E-state index in [2.05, 4.69) is 14.8 Å². The highest BCUT2D eigenvalue weighted by Gasteiger charge is 2.34. The molecule has 1 aliphatic heterocycles. The van der Waals surface area contributed by atoms with Crippen molar-refractivity contribution in [3.8, 4) is 5.75 Å². The van der Waals surface area contributed by atoms with Crippen LogP contribution in [-0.2, 0) is 16.6 Å². The number of nitrogens with one attached hydrogen (secondary N) is 1. The summed E-state index contributed by atoms with van der Waals surface area (Å²) in [6, 6.07) is 9.62. The maximum Gasteiger partial charge on any atom is 0.267 e. The molecule has 0 saturated carbocycles. The molecule has 0 radical (unpaired) electrons. The molecule has 2 heterocycles. The molecule has 0 spiro atoms. The molecular weight excluding hydrogens is 591 g/mol. The molecule has 10 nitrogen and oxygen atoms in total. The first-order valence-corrected chi connectivity index (χ1v) is 15.3. The molecule has 1 amide bonds. The lowest BCUT2D eigenvalue weighted by atomic mass is 9.99. The molecule has 41 heavy (non-hydrogen) atoms. The number of hydrogen-bond donors (Lipinski definition) is 2. The minimum atomic E-state index is -4.03. The fourth-order valence-corrected chi connectivity index (χ4v) is 6.59. The number of halogens is 2. The number of anilines is 1. The number of likely N-dealkylation sites (N-methyl/N-ethyl adjacent to an activating group) is 1. The van der Waals surface area contributed by atoms with Crippen molar-refractivity contribution >= 4 is 44.8 Å². The summed E-state index contributed by atoms with van der Waals surface area (Å²) in [4.78, 5) is 17.4. The number of aliphatic hydroxyl groups is 1. The van der Waals surface area contributed by atoms with Crippen LogP contribution in [0.3, 0.4) is 0 Å². The van der Waals surface area contributed by atoms with E-state index in [-0.39, 0.29) is 52.1 Å². The maximum atomic E-state index is 13.7. The fraction of sp³-hybridized carbons (Fsp3) is 0.429. The van der Waals surface area contributed by atoms with Gasteiger partial charge in [-0.05, 0) is 63.7 Å². The molecule has 3 atom stereocenters. The Hall–Kier alpha value is -2.83. The maximum absolute atomic E-state index is 13.7. The first kappa shape index (κ1) is 31.1. The molecular formula is C28H34Cl2N4O6S. The van der Waals surface area contributed by atoms with Crippen LogP contribution >= 0.6 is 23.2 Å². The van der Waals surface area contributed by atoms with Crippen LogP contribution in [0.15, 0.2) is 45.8 Å². The average Bonchev–Trinajstić information content (AvgIpc) is 3.26. The number of fused-ring (bicyclic) bond motifs is 1. The lowest BCUT2D eigenvalue weighted by Gasteiger charge is -2.38. The van der Waals surface area contributed by atoms with Crippen molar-refractivity contribution in [1.82, 2.24) is 15.0 Å². The van der Waals surface area contributed by atoms with Gasteiger partial charge in [0.2, 0.25) is 0 Å². The highest BCUT2D eigenvalue weighted by molar-refractivity contribution is 7.92. The molecule has 0 bridgehead atoms. The number of aliphatic hydroxyl groups excluding tert-OH is 1. The van der Waals surface area contributed by atoms with Crippen LogP contribution in [-0.4, -0.2) is 73.3 Å². The predicted molar refractivity (Wildman–Crippen MR) is 157 cm³/mol. The predicted octanol–water partition coefficient (Wildman–Crippen LogP) is 4.75. The van der Waals surface area contributed by atoms with Crippen molar-refractivity contribution in [1.29, 1.82) is 0 Å². The Morgan fingerprint density at radius 3 is 2.56 bits per heavy atom. The molecule has 1 aliphatic rings. The van der Waals surface area contributed by atoms with Crippen LogP contribution in [0, 0.1) is 19.8 Å². The summed E-state index contributed by atoms with van der Waals surface area (Å²) in [5.74, 6) is 0.0276. The molecule has 2 N–H and O–H groups in total. The minimum Gasteiger partial charge on any atom is -0.488 e. The molecule has 2 aromatic carbocycles. The summed E-state index contributed by atoms with van der Waals surface area (Å²) in [5, 5.41) is 14.6. The van der Waals surface area contributed by atoms with Gasteiger partial charge >= 0.3 is 0 Å². The second kappa shape index (κ2) is 12.6. The summed E-state index contributed by atoms with van der Waals surface area (Å²) in [5.41, 5.74) is 1.58. The molecule has 0 aliphatic carbocycles. The Morgan fingerprint density at radius 1 is 1.20 bits per heavy atom. The number of rotatable bonds is 9. The van der Waals surface area contributed by atoms with Crippen LogP contribution in [0.2, 0.25) is 10.0 Å². The van der Waals surface area contributed by atoms with E-state index >= 15 is 0 Å². The van der Waals surface area contributed by atoms with Crippen LogP contribution in [0.1, 0.15) is 41.2 Å². The first-order chi connectivity index (χ1) is 19.3. The van der Waals surface area contributed by atoms with Gasteiger partial charge in [0.05, 0.1) is 28.3 Å². The molecule has 1 aromatic heterocycles. The monoisotopic (exact) mass is 624 g/mol. The van der Waals surface area contributed by atoms with E-state index in [0.717, 1.165) is 5.56 Å². The van der Waals surface area contributed by atoms with E-state index in [1.807, 2.05) is 26.1 Å². The van der Waals surface area contributed by atoms with Crippen molar-refractivity contribution < 1.29 is 27.6 Å². The fourth-order valence-electron chi connectivity index (χ4n) is 4.89. The number of hydrogen-bond acceptors (Lipinski definition) is 8. The van der Waals surface area contributed by atoms with Gasteiger partial charge in [0, 0.05) is 31.2 Å². The third kappa shape index (κ3) is 6.98. The number of amides is 1. The molecule has 4 rings (SSSR count). The van der Waals surface area contributed by atoms with Gasteiger partial charge in [0.1, 0.15) is 17.5 Å². The zero-order valence-electron chi connectivity index (χ0n) is 23.5. The van der Waals surface area contributed by atoms with Crippen LogP contribution in [0.5, 0.6) is 5.75 Å². The first-order valence-electron chi connectivity index (χ1n) is 13.1. The van der Waals surface area contributed by atoms with Gasteiger partial charge in [-0.2, -0.15) is 0 Å². The van der Waals surface area contributed by atoms with E-state index in [9.17, 15) is 18.3 Å². The number of benzene rings is 2. The smallest absolute Gasteiger partial charge is 0.267 e. The number of aromatic nitrogens is 1. The highest BCUT2D eigenvalue weighted by atomic mass is 35.5. The van der Waals surface area contributed by atoms with Gasteiger partial charge in [-0.3, -0.25) is 14.4 Å². The van der Waals surface area contributed by atoms with E-state index in [0.29, 0.717) is 35.4 Å². The van der Waals surface area contributed by atoms with Crippen molar-refractivity contribution in [3.63, 3.8) is 0 Å². The van der Waals surface area contributed by atoms with E-state index in [1.165, 1.54) is 19.9 Å². The van der Waals surface area contributed by atoms with Gasteiger partial charge in [0.15, 0.2) is 10.7 Å². The second-order valence-electron chi connectivity index (χ2n) is 10.5. The number of carbonyl (C=O) groups is 1. The van der Waals surface area contributed by atoms with Crippen molar-refractivity contribution in [2.24, 2.45) is 5.92 Å². The largest absolute Gasteiger partial charge is 0.488 e. The third-order valence-electron chi connectivity index (χ3n) is 7.08. The lowest BCUT2D eigenvalue weighted by molar-refractivity contribution is 0.0341. The number of nitrogens with zero attached hydrogens (tertiary/aromatic N) is 3. The Morgan fingerprint density at radius 2 is 1.93 bits per heavy atom. The number of ether oxygens (including phenoxy) is 1. The SMILES string of the molecule is Cc1noc(C)c1S(=O)(=O)Nc1ccc2c(c1)C(=O)N([C@H](C)CO)C[C@@H](C)[C@H](CN(C)Cc1ccc(Cl)c(Cl)c1)O2. The Labute approximate surface area is 250 Å². The van der Waals surface area contributed by atoms with Crippen molar-refractivity contribution in [3.05, 3.63) is 69.0 Å². The van der Waals surface area contributed by atoms with E-state index < -0.39 is 16.1 Å². The molecule has 0 unspecified atom stereocenters. The van der Waals surface area contributed by atoms with Gasteiger partial charge in [-0.1, -0.05) is 41.3 Å². The van der Waals surface area contributed by atoms with Gasteiger partial charge in [0.25, 0.3) is 15.9 Å². The zero-order chi connectivity index (χ0) is 30.1. The van der Waals surface area contributed by atoms with Crippen molar-refractivity contribution in [2.75, 3.05) is 31.5 Å². The molecule has 13 heteroatoms. The summed E-state index contributed by atoms with van der Waals surface area (Å²) >= 11 is 12.3. The Bertz CT molecular complexity index is 1510. The van der Waals surface area contributed by atoms with Crippen molar-refractivity contribution in [2.45, 2.75) is 51.3 Å². The third-order valence-corrected chi connectivity index (χ3v) is 9.45. The highest BCUT2D eigenvalue weighted by Crippen LogP contribution is 2.32. The number of sulfonamides is 1. The zero-order valence-corrected chi connectivity index (χ0v) is 25.8. The Kier molecular flexibility index (Phi) is 9.55. The van der Waals surface area contributed by atoms with Gasteiger partial charge in [-0.15, -0.1) is 0 Å². The number of carbonyl (C=O) groups excluding carboxylic acids is 1. The summed E-state index contributed by atoms with van der Waals surface area (Å²) in [6.45, 7) is 8.04. The normalized spacial score (nSPS) is 18.5. The quantitative estimate of drug-likeness (QED) is 0.349. The number of aryl methyl sites for hydroxylation is 2. The van der Waals surface area contributed by atoms with E-state index in [4.69, 9.17) is 32.5 Å². The molecule has 3 aromatic rings. The van der Waals surface area contributed by atoms with Gasteiger partial charge in [-0.25, -0.2) is 8.42 Å². The van der Waals surface area contributed by atoms with E-state index in [1.54, 1.807) is 30.0 Å². The summed E-state index contributed by atoms with van der Waals surface area (Å²) in [6.07, 6.45) is -0.326. The minimum absolute atomic E-state index is 0.0544. The standard InChI is InChI=1S/C28H34Cl2N4O6S/c1-16-12-34(17(2)15-35)28(36)22-11-21(32-41(37,38)27-18(3)31-40-19(27)4)7-9-25(22)39-26(16)14-33(5)13-20-6-8-23(29)24(30)10-20/h6-11,16-17,26,32,35H,12-15H2,1-5H3/t16-,17-,26+/m1/s1. The summed E-state index contributed by atoms with van der Waals surface area (Å²) in [7, 11) is -2.07. The van der Waals surface area contributed by atoms with Gasteiger partial charge < -0.3 is 19.3 Å². The Balaban J connectivity index is 1.64. The lowest BCUT2D eigenvalue weighted by Crippen LogP contribution is -2.49. The van der Waals surface area contributed by atoms with Crippen LogP contribution in [0.4, 0.5) is 5.69 Å². The molecule has 222 valence electrons. The van der Waals surface area contributed by atoms with Crippen LogP contribution in [0.25, 0.3) is 0 Å². The molecule has 0 fully saturated rings. The van der Waals surface area contributed by atoms with Crippen LogP contribution < -0.4 is 9.46 Å². The topological polar surface area (TPSA) is 125 Å². The summed E-state index contributed by atoms with van der Waals surface area (Å²) < 4.78 is 40.2.